The summed E-state index contributed by atoms with van der Waals surface area (Å²) in [6, 6.07) is 9.77. The van der Waals surface area contributed by atoms with Gasteiger partial charge in [-0.3, -0.25) is 0 Å². The van der Waals surface area contributed by atoms with E-state index in [1.54, 1.807) is 0 Å². The molecule has 2 amide bonds. The second-order valence-electron chi connectivity index (χ2n) is 5.18. The highest BCUT2D eigenvalue weighted by molar-refractivity contribution is 5.74. The Morgan fingerprint density at radius 3 is 2.63 bits per heavy atom. The number of hydrogen-bond acceptors (Lipinski definition) is 1. The minimum atomic E-state index is -0.138. The van der Waals surface area contributed by atoms with Crippen molar-refractivity contribution in [2.45, 2.75) is 39.2 Å². The molecule has 102 valence electrons. The molecule has 0 unspecified atom stereocenters. The van der Waals surface area contributed by atoms with Gasteiger partial charge in [0, 0.05) is 12.7 Å². The number of hydrogen-bond donors (Lipinski definition) is 2. The molecular weight excluding hydrogens is 236 g/mol. The van der Waals surface area contributed by atoms with Gasteiger partial charge in [-0.2, -0.15) is 0 Å². The largest absolute Gasteiger partial charge is 0.334 e. The van der Waals surface area contributed by atoms with Crippen LogP contribution in [0, 0.1) is 5.92 Å². The second kappa shape index (κ2) is 6.98. The van der Waals surface area contributed by atoms with Crippen molar-refractivity contribution in [2.24, 2.45) is 5.92 Å². The second-order valence-corrected chi connectivity index (χ2v) is 5.18. The van der Waals surface area contributed by atoms with Crippen molar-refractivity contribution in [3.05, 3.63) is 47.7 Å². The zero-order chi connectivity index (χ0) is 13.5. The van der Waals surface area contributed by atoms with Gasteiger partial charge in [0.05, 0.1) is 0 Å². The first-order valence-corrected chi connectivity index (χ1v) is 7.00. The Bertz CT molecular complexity index is 433. The summed E-state index contributed by atoms with van der Waals surface area (Å²) in [6.45, 7) is 2.66. The molecule has 1 aromatic rings. The minimum Gasteiger partial charge on any atom is -0.334 e. The van der Waals surface area contributed by atoms with E-state index in [1.165, 1.54) is 31.3 Å². The van der Waals surface area contributed by atoms with Crippen LogP contribution >= 0.6 is 0 Å². The van der Waals surface area contributed by atoms with E-state index in [0.29, 0.717) is 12.5 Å². The number of carbonyl (C=O) groups is 1. The number of amides is 2. The third-order valence-electron chi connectivity index (χ3n) is 3.73. The fourth-order valence-electron chi connectivity index (χ4n) is 2.51. The van der Waals surface area contributed by atoms with Crippen molar-refractivity contribution in [2.75, 3.05) is 0 Å². The zero-order valence-electron chi connectivity index (χ0n) is 11.5. The van der Waals surface area contributed by atoms with E-state index in [4.69, 9.17) is 0 Å². The van der Waals surface area contributed by atoms with Gasteiger partial charge >= 0.3 is 6.03 Å². The summed E-state index contributed by atoms with van der Waals surface area (Å²) in [5.41, 5.74) is 2.39. The summed E-state index contributed by atoms with van der Waals surface area (Å²) >= 11 is 0. The molecule has 2 rings (SSSR count). The van der Waals surface area contributed by atoms with Gasteiger partial charge in [-0.15, -0.1) is 0 Å². The van der Waals surface area contributed by atoms with Crippen LogP contribution in [0.5, 0.6) is 0 Å². The molecule has 1 aliphatic rings. The third kappa shape index (κ3) is 4.43. The van der Waals surface area contributed by atoms with Crippen molar-refractivity contribution in [1.29, 1.82) is 0 Å². The summed E-state index contributed by atoms with van der Waals surface area (Å²) in [5.74, 6) is 0.662. The molecule has 0 radical (unpaired) electrons. The quantitative estimate of drug-likeness (QED) is 0.851. The van der Waals surface area contributed by atoms with Crippen molar-refractivity contribution < 1.29 is 4.79 Å². The maximum Gasteiger partial charge on any atom is 0.319 e. The van der Waals surface area contributed by atoms with E-state index < -0.39 is 0 Å². The number of urea groups is 1. The molecular formula is C16H22N2O. The lowest BCUT2D eigenvalue weighted by atomic mass is 10.0. The van der Waals surface area contributed by atoms with E-state index in [0.717, 1.165) is 5.56 Å². The lowest BCUT2D eigenvalue weighted by Gasteiger charge is -2.10. The SMILES string of the molecule is C/C(=C\NC(=O)NCc1ccccc1)C1CCCC1. The first-order valence-electron chi connectivity index (χ1n) is 7.00. The fourth-order valence-corrected chi connectivity index (χ4v) is 2.51. The van der Waals surface area contributed by atoms with Crippen LogP contribution < -0.4 is 10.6 Å². The highest BCUT2D eigenvalue weighted by atomic mass is 16.2. The van der Waals surface area contributed by atoms with Crippen LogP contribution in [0.15, 0.2) is 42.1 Å². The zero-order valence-corrected chi connectivity index (χ0v) is 11.5. The van der Waals surface area contributed by atoms with Crippen molar-refractivity contribution in [3.63, 3.8) is 0 Å². The molecule has 0 heterocycles. The Morgan fingerprint density at radius 1 is 1.26 bits per heavy atom. The molecule has 0 aliphatic heterocycles. The predicted octanol–water partition coefficient (Wildman–Crippen LogP) is 3.58. The van der Waals surface area contributed by atoms with E-state index in [9.17, 15) is 4.79 Å². The van der Waals surface area contributed by atoms with Crippen LogP contribution in [0.25, 0.3) is 0 Å². The van der Waals surface area contributed by atoms with E-state index in [-0.39, 0.29) is 6.03 Å². The molecule has 0 bridgehead atoms. The molecule has 3 nitrogen and oxygen atoms in total. The predicted molar refractivity (Wildman–Crippen MR) is 77.5 cm³/mol. The molecule has 0 aromatic heterocycles. The van der Waals surface area contributed by atoms with Gasteiger partial charge in [0.25, 0.3) is 0 Å². The number of allylic oxidation sites excluding steroid dienone is 1. The Morgan fingerprint density at radius 2 is 1.95 bits per heavy atom. The molecule has 0 saturated heterocycles. The first kappa shape index (κ1) is 13.7. The van der Waals surface area contributed by atoms with Gasteiger partial charge in [0.1, 0.15) is 0 Å². The number of benzene rings is 1. The van der Waals surface area contributed by atoms with Crippen molar-refractivity contribution in [1.82, 2.24) is 10.6 Å². The topological polar surface area (TPSA) is 41.1 Å². The van der Waals surface area contributed by atoms with E-state index >= 15 is 0 Å². The van der Waals surface area contributed by atoms with Crippen molar-refractivity contribution >= 4 is 6.03 Å². The minimum absolute atomic E-state index is 0.138. The first-order chi connectivity index (χ1) is 9.25. The van der Waals surface area contributed by atoms with Crippen LogP contribution in [0.2, 0.25) is 0 Å². The van der Waals surface area contributed by atoms with E-state index in [2.05, 4.69) is 17.6 Å². The van der Waals surface area contributed by atoms with Crippen molar-refractivity contribution in [3.8, 4) is 0 Å². The Balaban J connectivity index is 1.73. The van der Waals surface area contributed by atoms with Gasteiger partial charge in [0.15, 0.2) is 0 Å². The maximum absolute atomic E-state index is 11.7. The summed E-state index contributed by atoms with van der Waals surface area (Å²) in [6.07, 6.45) is 7.01. The molecule has 3 heteroatoms. The smallest absolute Gasteiger partial charge is 0.319 e. The van der Waals surface area contributed by atoms with E-state index in [1.807, 2.05) is 36.5 Å². The Labute approximate surface area is 115 Å². The molecule has 0 atom stereocenters. The molecule has 2 N–H and O–H groups in total. The standard InChI is InChI=1S/C16H22N2O/c1-13(15-9-5-6-10-15)11-17-16(19)18-12-14-7-3-2-4-8-14/h2-4,7-8,11,15H,5-6,9-10,12H2,1H3,(H2,17,18,19)/b13-11+. The van der Waals surface area contributed by atoms with Crippen LogP contribution in [-0.4, -0.2) is 6.03 Å². The number of carbonyl (C=O) groups excluding carboxylic acids is 1. The third-order valence-corrected chi connectivity index (χ3v) is 3.73. The van der Waals surface area contributed by atoms with Gasteiger partial charge in [0.2, 0.25) is 0 Å². The monoisotopic (exact) mass is 258 g/mol. The lowest BCUT2D eigenvalue weighted by molar-refractivity contribution is 0.243. The highest BCUT2D eigenvalue weighted by Gasteiger charge is 2.16. The molecule has 0 spiro atoms. The molecule has 1 aromatic carbocycles. The average molecular weight is 258 g/mol. The summed E-state index contributed by atoms with van der Waals surface area (Å²) in [5, 5.41) is 5.67. The number of nitrogens with one attached hydrogen (secondary N) is 2. The van der Waals surface area contributed by atoms with Gasteiger partial charge < -0.3 is 10.6 Å². The average Bonchev–Trinajstić information content (AvgIpc) is 2.98. The number of rotatable bonds is 4. The highest BCUT2D eigenvalue weighted by Crippen LogP contribution is 2.30. The Hall–Kier alpha value is -1.77. The molecule has 19 heavy (non-hydrogen) atoms. The summed E-state index contributed by atoms with van der Waals surface area (Å²) in [7, 11) is 0. The van der Waals surface area contributed by atoms with Gasteiger partial charge in [-0.25, -0.2) is 4.79 Å². The van der Waals surface area contributed by atoms with Gasteiger partial charge in [-0.05, 0) is 31.2 Å². The van der Waals surface area contributed by atoms with Crippen LogP contribution in [0.4, 0.5) is 4.79 Å². The van der Waals surface area contributed by atoms with Crippen LogP contribution in [-0.2, 0) is 6.54 Å². The molecule has 1 saturated carbocycles. The fraction of sp³-hybridized carbons (Fsp3) is 0.438. The summed E-state index contributed by atoms with van der Waals surface area (Å²) < 4.78 is 0. The lowest BCUT2D eigenvalue weighted by Crippen LogP contribution is -2.32. The molecule has 1 aliphatic carbocycles. The molecule has 1 fully saturated rings. The maximum atomic E-state index is 11.7. The Kier molecular flexibility index (Phi) is 5.01. The summed E-state index contributed by atoms with van der Waals surface area (Å²) in [4.78, 5) is 11.7. The van der Waals surface area contributed by atoms with Crippen LogP contribution in [0.3, 0.4) is 0 Å². The van der Waals surface area contributed by atoms with Crippen LogP contribution in [0.1, 0.15) is 38.2 Å². The normalized spacial score (nSPS) is 16.4. The van der Waals surface area contributed by atoms with Gasteiger partial charge in [-0.1, -0.05) is 48.7 Å².